The molecule has 79 heavy (non-hydrogen) atoms. The molecule has 1 amide bonds. The topological polar surface area (TPSA) is 95.9 Å². The predicted molar refractivity (Wildman–Crippen MR) is 347 cm³/mol. The van der Waals surface area contributed by atoms with Gasteiger partial charge in [-0.3, -0.25) is 9.59 Å². The molecule has 0 saturated carbocycles. The average Bonchev–Trinajstić information content (AvgIpc) is 3.45. The van der Waals surface area contributed by atoms with Crippen LogP contribution in [0.3, 0.4) is 0 Å². The van der Waals surface area contributed by atoms with Crippen molar-refractivity contribution in [2.24, 2.45) is 0 Å². The number of aliphatic hydroxyl groups is 2. The van der Waals surface area contributed by atoms with E-state index in [2.05, 4.69) is 55.6 Å². The Balaban J connectivity index is 3.42. The fourth-order valence-corrected chi connectivity index (χ4v) is 11.2. The van der Waals surface area contributed by atoms with Gasteiger partial charge in [0.05, 0.1) is 25.4 Å². The second-order valence-electron chi connectivity index (χ2n) is 24.6. The Morgan fingerprint density at radius 3 is 0.987 bits per heavy atom. The van der Waals surface area contributed by atoms with Crippen LogP contribution >= 0.6 is 0 Å². The Morgan fingerprint density at radius 1 is 0.354 bits per heavy atom. The molecule has 0 aliphatic carbocycles. The Labute approximate surface area is 494 Å². The van der Waals surface area contributed by atoms with Gasteiger partial charge in [-0.05, 0) is 83.5 Å². The largest absolute Gasteiger partial charge is 0.466 e. The predicted octanol–water partition coefficient (Wildman–Crippen LogP) is 23.1. The van der Waals surface area contributed by atoms with Crippen LogP contribution < -0.4 is 5.32 Å². The zero-order chi connectivity index (χ0) is 57.1. The highest BCUT2D eigenvalue weighted by molar-refractivity contribution is 5.76. The fraction of sp³-hybridized carbons (Fsp3) is 0.890. The summed E-state index contributed by atoms with van der Waals surface area (Å²) in [4.78, 5) is 24.7. The average molecular weight is 1110 g/mol. The van der Waals surface area contributed by atoms with Crippen LogP contribution in [-0.2, 0) is 14.3 Å². The van der Waals surface area contributed by atoms with E-state index in [4.69, 9.17) is 4.74 Å². The standard InChI is InChI=1S/C73H139NO5/c1-3-5-7-9-11-13-15-17-19-21-23-24-25-26-27-30-33-37-41-45-49-53-57-61-65-71(76)70(69-75)74-72(77)66-62-58-54-50-46-42-38-34-31-28-29-32-36-40-44-48-52-56-60-64-68-79-73(78)67-63-59-55-51-47-43-39-35-22-20-18-16-14-12-10-8-6-4-2/h14,16,20,22,28,31,70-71,75-76H,3-13,15,17-19,21,23-27,29-30,32-69H2,1-2H3,(H,74,77)/b16-14-,22-20-,31-28-. The molecule has 0 bridgehead atoms. The minimum absolute atomic E-state index is 0.000240. The van der Waals surface area contributed by atoms with Crippen molar-refractivity contribution in [3.63, 3.8) is 0 Å². The lowest BCUT2D eigenvalue weighted by atomic mass is 10.0. The van der Waals surface area contributed by atoms with Crippen molar-refractivity contribution in [3.05, 3.63) is 36.5 Å². The molecule has 466 valence electrons. The number of carbonyl (C=O) groups excluding carboxylic acids is 2. The molecular weight excluding hydrogens is 971 g/mol. The van der Waals surface area contributed by atoms with Crippen LogP contribution in [0.2, 0.25) is 0 Å². The van der Waals surface area contributed by atoms with Crippen molar-refractivity contribution >= 4 is 11.9 Å². The number of allylic oxidation sites excluding steroid dienone is 6. The Bertz CT molecular complexity index is 1280. The quantitative estimate of drug-likeness (QED) is 0.0320. The second-order valence-corrected chi connectivity index (χ2v) is 24.6. The first kappa shape index (κ1) is 77.1. The lowest BCUT2D eigenvalue weighted by Gasteiger charge is -2.22. The smallest absolute Gasteiger partial charge is 0.305 e. The number of rotatable bonds is 67. The normalized spacial score (nSPS) is 12.7. The van der Waals surface area contributed by atoms with Crippen molar-refractivity contribution in [2.45, 2.75) is 405 Å². The van der Waals surface area contributed by atoms with Gasteiger partial charge in [0.15, 0.2) is 0 Å². The SMILES string of the molecule is CCCCCC/C=C\C/C=C\CCCCCCCCCC(=O)OCCCCCCCCCCC/C=C\CCCCCCCCCC(=O)NC(CO)C(O)CCCCCCCCCCCCCCCCCCCCCCCCCC. The zero-order valence-corrected chi connectivity index (χ0v) is 53.4. The van der Waals surface area contributed by atoms with Gasteiger partial charge >= 0.3 is 5.97 Å². The minimum Gasteiger partial charge on any atom is -0.466 e. The summed E-state index contributed by atoms with van der Waals surface area (Å²) in [5, 5.41) is 23.4. The molecule has 0 aromatic carbocycles. The summed E-state index contributed by atoms with van der Waals surface area (Å²) >= 11 is 0. The van der Waals surface area contributed by atoms with Crippen molar-refractivity contribution < 1.29 is 24.5 Å². The van der Waals surface area contributed by atoms with E-state index in [9.17, 15) is 19.8 Å². The third-order valence-electron chi connectivity index (χ3n) is 16.7. The van der Waals surface area contributed by atoms with Crippen LogP contribution in [0, 0.1) is 0 Å². The minimum atomic E-state index is -0.672. The van der Waals surface area contributed by atoms with E-state index in [1.54, 1.807) is 0 Å². The molecule has 6 heteroatoms. The Morgan fingerprint density at radius 2 is 0.633 bits per heavy atom. The molecule has 2 atom stereocenters. The summed E-state index contributed by atoms with van der Waals surface area (Å²) in [5.74, 6) is -0.0399. The number of ether oxygens (including phenoxy) is 1. The van der Waals surface area contributed by atoms with Gasteiger partial charge in [0.2, 0.25) is 5.91 Å². The van der Waals surface area contributed by atoms with E-state index in [-0.39, 0.29) is 18.5 Å². The molecule has 0 aromatic rings. The van der Waals surface area contributed by atoms with Crippen LogP contribution in [0.4, 0.5) is 0 Å². The van der Waals surface area contributed by atoms with Gasteiger partial charge in [-0.25, -0.2) is 0 Å². The highest BCUT2D eigenvalue weighted by Crippen LogP contribution is 2.19. The summed E-state index contributed by atoms with van der Waals surface area (Å²) in [7, 11) is 0. The number of esters is 1. The van der Waals surface area contributed by atoms with Gasteiger partial charge in [0.25, 0.3) is 0 Å². The molecule has 2 unspecified atom stereocenters. The third-order valence-corrected chi connectivity index (χ3v) is 16.7. The molecule has 0 fully saturated rings. The fourth-order valence-electron chi connectivity index (χ4n) is 11.2. The van der Waals surface area contributed by atoms with E-state index in [1.165, 1.54) is 308 Å². The molecular formula is C73H139NO5. The van der Waals surface area contributed by atoms with Crippen molar-refractivity contribution in [1.82, 2.24) is 5.32 Å². The molecule has 3 N–H and O–H groups in total. The first-order chi connectivity index (χ1) is 39.0. The lowest BCUT2D eigenvalue weighted by molar-refractivity contribution is -0.143. The maximum Gasteiger partial charge on any atom is 0.305 e. The number of hydrogen-bond donors (Lipinski definition) is 3. The molecule has 0 spiro atoms. The number of aliphatic hydroxyl groups excluding tert-OH is 2. The Kier molecular flexibility index (Phi) is 66.9. The lowest BCUT2D eigenvalue weighted by Crippen LogP contribution is -2.45. The molecule has 0 aliphatic heterocycles. The first-order valence-corrected chi connectivity index (χ1v) is 35.7. The van der Waals surface area contributed by atoms with Gasteiger partial charge in [0.1, 0.15) is 0 Å². The van der Waals surface area contributed by atoms with Crippen LogP contribution in [0.25, 0.3) is 0 Å². The van der Waals surface area contributed by atoms with Crippen molar-refractivity contribution in [3.8, 4) is 0 Å². The molecule has 6 nitrogen and oxygen atoms in total. The monoisotopic (exact) mass is 1110 g/mol. The summed E-state index contributed by atoms with van der Waals surface area (Å²) in [5.41, 5.74) is 0. The molecule has 0 rings (SSSR count). The Hall–Kier alpha value is -1.92. The van der Waals surface area contributed by atoms with E-state index in [1.807, 2.05) is 0 Å². The summed E-state index contributed by atoms with van der Waals surface area (Å²) in [6, 6.07) is -0.550. The number of hydrogen-bond acceptors (Lipinski definition) is 5. The summed E-state index contributed by atoms with van der Waals surface area (Å²) < 4.78 is 5.49. The number of unbranched alkanes of at least 4 members (excludes halogenated alkanes) is 50. The molecule has 0 saturated heterocycles. The van der Waals surface area contributed by atoms with E-state index < -0.39 is 12.1 Å². The van der Waals surface area contributed by atoms with Crippen LogP contribution in [0.15, 0.2) is 36.5 Å². The van der Waals surface area contributed by atoms with Gasteiger partial charge in [0, 0.05) is 12.8 Å². The van der Waals surface area contributed by atoms with Gasteiger partial charge in [-0.15, -0.1) is 0 Å². The number of carbonyl (C=O) groups is 2. The van der Waals surface area contributed by atoms with Crippen molar-refractivity contribution in [1.29, 1.82) is 0 Å². The highest BCUT2D eigenvalue weighted by Gasteiger charge is 2.20. The van der Waals surface area contributed by atoms with Crippen LogP contribution in [0.1, 0.15) is 393 Å². The van der Waals surface area contributed by atoms with Crippen LogP contribution in [0.5, 0.6) is 0 Å². The number of amides is 1. The van der Waals surface area contributed by atoms with Crippen molar-refractivity contribution in [2.75, 3.05) is 13.2 Å². The van der Waals surface area contributed by atoms with Gasteiger partial charge in [-0.1, -0.05) is 333 Å². The molecule has 0 heterocycles. The van der Waals surface area contributed by atoms with E-state index >= 15 is 0 Å². The van der Waals surface area contributed by atoms with E-state index in [0.29, 0.717) is 25.9 Å². The third kappa shape index (κ3) is 65.1. The summed E-state index contributed by atoms with van der Waals surface area (Å²) in [6.45, 7) is 4.96. The van der Waals surface area contributed by atoms with Crippen LogP contribution in [-0.4, -0.2) is 47.4 Å². The zero-order valence-electron chi connectivity index (χ0n) is 53.4. The molecule has 0 radical (unpaired) electrons. The van der Waals surface area contributed by atoms with E-state index in [0.717, 1.165) is 51.4 Å². The molecule has 0 aromatic heterocycles. The summed E-state index contributed by atoms with van der Waals surface area (Å²) in [6.07, 6.45) is 87.5. The highest BCUT2D eigenvalue weighted by atomic mass is 16.5. The van der Waals surface area contributed by atoms with Gasteiger partial charge in [-0.2, -0.15) is 0 Å². The second kappa shape index (κ2) is 68.6. The first-order valence-electron chi connectivity index (χ1n) is 35.7. The van der Waals surface area contributed by atoms with Gasteiger partial charge < -0.3 is 20.3 Å². The number of nitrogens with one attached hydrogen (secondary N) is 1. The maximum absolute atomic E-state index is 12.6. The maximum atomic E-state index is 12.6. The molecule has 0 aliphatic rings.